The van der Waals surface area contributed by atoms with Gasteiger partial charge in [-0.2, -0.15) is 5.26 Å². The molecular weight excluding hydrogens is 264 g/mol. The highest BCUT2D eigenvalue weighted by Crippen LogP contribution is 2.32. The van der Waals surface area contributed by atoms with E-state index in [0.29, 0.717) is 29.9 Å². The summed E-state index contributed by atoms with van der Waals surface area (Å²) in [6.45, 7) is 2.44. The van der Waals surface area contributed by atoms with Gasteiger partial charge in [0.25, 0.3) is 0 Å². The van der Waals surface area contributed by atoms with Crippen molar-refractivity contribution in [3.63, 3.8) is 0 Å². The fraction of sp³-hybridized carbons (Fsp3) is 0.529. The van der Waals surface area contributed by atoms with Gasteiger partial charge in [0.05, 0.1) is 18.2 Å². The molecule has 0 aromatic heterocycles. The molecular formula is C17H20N2O2. The number of ether oxygens (including phenoxy) is 1. The monoisotopic (exact) mass is 284 g/mol. The molecule has 0 bridgehead atoms. The fourth-order valence-corrected chi connectivity index (χ4v) is 2.75. The summed E-state index contributed by atoms with van der Waals surface area (Å²) in [5.41, 5.74) is 0.647. The summed E-state index contributed by atoms with van der Waals surface area (Å²) >= 11 is 0. The predicted molar refractivity (Wildman–Crippen MR) is 78.7 cm³/mol. The molecule has 1 amide bonds. The molecule has 1 saturated carbocycles. The summed E-state index contributed by atoms with van der Waals surface area (Å²) in [6.07, 6.45) is 4.21. The first-order chi connectivity index (χ1) is 10.3. The summed E-state index contributed by atoms with van der Waals surface area (Å²) in [6, 6.07) is 9.31. The second kappa shape index (κ2) is 6.17. The van der Waals surface area contributed by atoms with Crippen LogP contribution >= 0.6 is 0 Å². The number of hydrogen-bond donors (Lipinski definition) is 0. The Labute approximate surface area is 125 Å². The van der Waals surface area contributed by atoms with Gasteiger partial charge in [-0.05, 0) is 55.9 Å². The molecule has 1 aliphatic carbocycles. The Kier molecular flexibility index (Phi) is 4.10. The zero-order chi connectivity index (χ0) is 14.7. The molecule has 4 nitrogen and oxygen atoms in total. The lowest BCUT2D eigenvalue weighted by atomic mass is 9.97. The zero-order valence-electron chi connectivity index (χ0n) is 12.1. The van der Waals surface area contributed by atoms with Gasteiger partial charge in [-0.25, -0.2) is 0 Å². The van der Waals surface area contributed by atoms with E-state index in [2.05, 4.69) is 6.07 Å². The number of carbonyl (C=O) groups excluding carboxylic acids is 1. The number of piperidine rings is 1. The van der Waals surface area contributed by atoms with Crippen molar-refractivity contribution in [2.75, 3.05) is 19.7 Å². The van der Waals surface area contributed by atoms with E-state index < -0.39 is 0 Å². The van der Waals surface area contributed by atoms with E-state index in [0.717, 1.165) is 44.5 Å². The van der Waals surface area contributed by atoms with Crippen molar-refractivity contribution in [2.45, 2.75) is 25.7 Å². The summed E-state index contributed by atoms with van der Waals surface area (Å²) < 4.78 is 5.79. The van der Waals surface area contributed by atoms with Crippen molar-refractivity contribution in [2.24, 2.45) is 11.8 Å². The van der Waals surface area contributed by atoms with Crippen LogP contribution in [0.5, 0.6) is 5.75 Å². The van der Waals surface area contributed by atoms with E-state index in [1.165, 1.54) is 0 Å². The number of amides is 1. The molecule has 0 N–H and O–H groups in total. The van der Waals surface area contributed by atoms with Gasteiger partial charge in [-0.15, -0.1) is 0 Å². The van der Waals surface area contributed by atoms with E-state index in [-0.39, 0.29) is 0 Å². The highest BCUT2D eigenvalue weighted by molar-refractivity contribution is 5.81. The minimum absolute atomic E-state index is 0.330. The van der Waals surface area contributed by atoms with Crippen LogP contribution in [0.2, 0.25) is 0 Å². The normalized spacial score (nSPS) is 19.1. The molecule has 0 spiro atoms. The first-order valence-corrected chi connectivity index (χ1v) is 7.68. The van der Waals surface area contributed by atoms with Gasteiger partial charge in [0, 0.05) is 19.0 Å². The summed E-state index contributed by atoms with van der Waals surface area (Å²) in [4.78, 5) is 14.0. The van der Waals surface area contributed by atoms with E-state index in [9.17, 15) is 4.79 Å². The maximum atomic E-state index is 12.0. The quantitative estimate of drug-likeness (QED) is 0.854. The standard InChI is InChI=1S/C17H20N2O2/c18-11-13-1-5-16(6-2-13)21-12-14-7-9-19(10-8-14)17(20)15-3-4-15/h1-2,5-6,14-15H,3-4,7-10,12H2. The zero-order valence-corrected chi connectivity index (χ0v) is 12.1. The second-order valence-corrected chi connectivity index (χ2v) is 5.99. The minimum atomic E-state index is 0.330. The molecule has 1 aromatic carbocycles. The van der Waals surface area contributed by atoms with Gasteiger partial charge in [0.1, 0.15) is 5.75 Å². The van der Waals surface area contributed by atoms with Gasteiger partial charge < -0.3 is 9.64 Å². The molecule has 1 heterocycles. The minimum Gasteiger partial charge on any atom is -0.493 e. The van der Waals surface area contributed by atoms with E-state index >= 15 is 0 Å². The molecule has 0 unspecified atom stereocenters. The van der Waals surface area contributed by atoms with Gasteiger partial charge in [-0.3, -0.25) is 4.79 Å². The molecule has 1 saturated heterocycles. The molecule has 1 aliphatic heterocycles. The highest BCUT2D eigenvalue weighted by Gasteiger charge is 2.34. The average molecular weight is 284 g/mol. The topological polar surface area (TPSA) is 53.3 Å². The summed E-state index contributed by atoms with van der Waals surface area (Å²) in [7, 11) is 0. The molecule has 0 radical (unpaired) electrons. The number of nitriles is 1. The number of hydrogen-bond acceptors (Lipinski definition) is 3. The third-order valence-electron chi connectivity index (χ3n) is 4.32. The maximum absolute atomic E-state index is 12.0. The van der Waals surface area contributed by atoms with Crippen molar-refractivity contribution in [1.82, 2.24) is 4.90 Å². The lowest BCUT2D eigenvalue weighted by Crippen LogP contribution is -2.40. The van der Waals surface area contributed by atoms with Gasteiger partial charge in [0.15, 0.2) is 0 Å². The number of rotatable bonds is 4. The SMILES string of the molecule is N#Cc1ccc(OCC2CCN(C(=O)C3CC3)CC2)cc1. The molecule has 3 rings (SSSR count). The van der Waals surface area contributed by atoms with E-state index in [1.54, 1.807) is 12.1 Å². The van der Waals surface area contributed by atoms with Crippen molar-refractivity contribution in [3.8, 4) is 11.8 Å². The Hall–Kier alpha value is -2.02. The average Bonchev–Trinajstić information content (AvgIpc) is 3.38. The van der Waals surface area contributed by atoms with Crippen LogP contribution in [0.4, 0.5) is 0 Å². The molecule has 1 aromatic rings. The van der Waals surface area contributed by atoms with Crippen LogP contribution in [0, 0.1) is 23.2 Å². The molecule has 21 heavy (non-hydrogen) atoms. The largest absolute Gasteiger partial charge is 0.493 e. The Morgan fingerprint density at radius 3 is 2.43 bits per heavy atom. The first-order valence-electron chi connectivity index (χ1n) is 7.68. The molecule has 4 heteroatoms. The predicted octanol–water partition coefficient (Wildman–Crippen LogP) is 2.59. The highest BCUT2D eigenvalue weighted by atomic mass is 16.5. The lowest BCUT2D eigenvalue weighted by molar-refractivity contribution is -0.134. The Balaban J connectivity index is 1.42. The Morgan fingerprint density at radius 1 is 1.19 bits per heavy atom. The number of nitrogens with zero attached hydrogens (tertiary/aromatic N) is 2. The van der Waals surface area contributed by atoms with Crippen LogP contribution in [-0.4, -0.2) is 30.5 Å². The summed E-state index contributed by atoms with van der Waals surface area (Å²) in [5.74, 6) is 2.02. The van der Waals surface area contributed by atoms with Crippen LogP contribution in [-0.2, 0) is 4.79 Å². The van der Waals surface area contributed by atoms with Crippen LogP contribution < -0.4 is 4.74 Å². The Morgan fingerprint density at radius 2 is 1.86 bits per heavy atom. The third-order valence-corrected chi connectivity index (χ3v) is 4.32. The van der Waals surface area contributed by atoms with Gasteiger partial charge in [-0.1, -0.05) is 0 Å². The van der Waals surface area contributed by atoms with Crippen molar-refractivity contribution >= 4 is 5.91 Å². The molecule has 110 valence electrons. The van der Waals surface area contributed by atoms with Crippen LogP contribution in [0.1, 0.15) is 31.2 Å². The fourth-order valence-electron chi connectivity index (χ4n) is 2.75. The van der Waals surface area contributed by atoms with Crippen molar-refractivity contribution in [1.29, 1.82) is 5.26 Å². The van der Waals surface area contributed by atoms with E-state index in [1.807, 2.05) is 17.0 Å². The Bertz CT molecular complexity index is 535. The molecule has 0 atom stereocenters. The first kappa shape index (κ1) is 13.9. The molecule has 2 fully saturated rings. The number of benzene rings is 1. The summed E-state index contributed by atoms with van der Waals surface area (Å²) in [5, 5.41) is 8.75. The van der Waals surface area contributed by atoms with Crippen LogP contribution in [0.3, 0.4) is 0 Å². The molecule has 2 aliphatic rings. The second-order valence-electron chi connectivity index (χ2n) is 5.99. The third kappa shape index (κ3) is 3.55. The van der Waals surface area contributed by atoms with Crippen molar-refractivity contribution in [3.05, 3.63) is 29.8 Å². The van der Waals surface area contributed by atoms with Gasteiger partial charge >= 0.3 is 0 Å². The smallest absolute Gasteiger partial charge is 0.225 e. The number of carbonyl (C=O) groups is 1. The van der Waals surface area contributed by atoms with E-state index in [4.69, 9.17) is 10.00 Å². The van der Waals surface area contributed by atoms with Gasteiger partial charge in [0.2, 0.25) is 5.91 Å². The lowest BCUT2D eigenvalue weighted by Gasteiger charge is -2.32. The maximum Gasteiger partial charge on any atom is 0.225 e. The number of likely N-dealkylation sites (tertiary alicyclic amines) is 1. The van der Waals surface area contributed by atoms with Crippen LogP contribution in [0.25, 0.3) is 0 Å². The van der Waals surface area contributed by atoms with Crippen molar-refractivity contribution < 1.29 is 9.53 Å². The van der Waals surface area contributed by atoms with Crippen LogP contribution in [0.15, 0.2) is 24.3 Å².